The zero-order chi connectivity index (χ0) is 17.2. The van der Waals surface area contributed by atoms with Crippen molar-refractivity contribution in [2.24, 2.45) is 5.92 Å². The van der Waals surface area contributed by atoms with E-state index in [1.807, 2.05) is 29.2 Å². The van der Waals surface area contributed by atoms with Crippen molar-refractivity contribution < 1.29 is 4.79 Å². The number of fused-ring (bicyclic) bond motifs is 4. The molecule has 0 unspecified atom stereocenters. The summed E-state index contributed by atoms with van der Waals surface area (Å²) in [5, 5.41) is 0. The van der Waals surface area contributed by atoms with Crippen molar-refractivity contribution in [2.45, 2.75) is 25.4 Å². The van der Waals surface area contributed by atoms with Gasteiger partial charge in [-0.3, -0.25) is 14.7 Å². The molecule has 0 saturated carbocycles. The Morgan fingerprint density at radius 1 is 1.08 bits per heavy atom. The molecule has 6 nitrogen and oxygen atoms in total. The van der Waals surface area contributed by atoms with Crippen molar-refractivity contribution in [2.75, 3.05) is 25.4 Å². The minimum atomic E-state index is 0.0419. The SMILES string of the molecule is Nc1ncccc1CN1C[C@H]2CC[C@@H]1CN(C(=O)c1ccccn1)C2. The average molecular weight is 337 g/mol. The van der Waals surface area contributed by atoms with E-state index in [4.69, 9.17) is 5.73 Å². The highest BCUT2D eigenvalue weighted by Gasteiger charge is 2.37. The molecule has 5 rings (SSSR count). The van der Waals surface area contributed by atoms with Gasteiger partial charge in [-0.25, -0.2) is 4.98 Å². The van der Waals surface area contributed by atoms with Gasteiger partial charge in [-0.2, -0.15) is 0 Å². The maximum Gasteiger partial charge on any atom is 0.272 e. The lowest BCUT2D eigenvalue weighted by molar-refractivity contribution is 0.0730. The number of hydrogen-bond acceptors (Lipinski definition) is 5. The van der Waals surface area contributed by atoms with Crippen molar-refractivity contribution >= 4 is 11.7 Å². The van der Waals surface area contributed by atoms with E-state index < -0.39 is 0 Å². The fourth-order valence-electron chi connectivity index (χ4n) is 3.99. The standard InChI is InChI=1S/C19H23N5O/c20-18-15(4-3-9-22-18)12-23-10-14-6-7-16(23)13-24(11-14)19(25)17-5-1-2-8-21-17/h1-5,8-9,14,16H,6-7,10-13H2,(H2,20,22)/t14-,16-/m1/s1. The fourth-order valence-corrected chi connectivity index (χ4v) is 3.99. The van der Waals surface area contributed by atoms with Gasteiger partial charge in [0.1, 0.15) is 11.5 Å². The van der Waals surface area contributed by atoms with Gasteiger partial charge in [-0.05, 0) is 37.0 Å². The van der Waals surface area contributed by atoms with Crippen LogP contribution >= 0.6 is 0 Å². The summed E-state index contributed by atoms with van der Waals surface area (Å²) in [6.45, 7) is 3.37. The van der Waals surface area contributed by atoms with E-state index in [1.54, 1.807) is 18.5 Å². The van der Waals surface area contributed by atoms with E-state index in [9.17, 15) is 4.79 Å². The summed E-state index contributed by atoms with van der Waals surface area (Å²) >= 11 is 0. The van der Waals surface area contributed by atoms with Crippen LogP contribution in [0.1, 0.15) is 28.9 Å². The second-order valence-electron chi connectivity index (χ2n) is 7.00. The number of carbonyl (C=O) groups excluding carboxylic acids is 1. The highest BCUT2D eigenvalue weighted by molar-refractivity contribution is 5.92. The molecule has 1 amide bonds. The van der Waals surface area contributed by atoms with E-state index in [-0.39, 0.29) is 5.91 Å². The normalized spacial score (nSPS) is 23.4. The highest BCUT2D eigenvalue weighted by Crippen LogP contribution is 2.30. The number of pyridine rings is 2. The number of hydrogen-bond donors (Lipinski definition) is 1. The Morgan fingerprint density at radius 3 is 2.76 bits per heavy atom. The number of rotatable bonds is 3. The predicted octanol–water partition coefficient (Wildman–Crippen LogP) is 1.80. The van der Waals surface area contributed by atoms with Gasteiger partial charge < -0.3 is 10.6 Å². The number of aromatic nitrogens is 2. The monoisotopic (exact) mass is 337 g/mol. The lowest BCUT2D eigenvalue weighted by Gasteiger charge is -2.36. The number of nitrogens with two attached hydrogens (primary N) is 1. The van der Waals surface area contributed by atoms with E-state index in [2.05, 4.69) is 14.9 Å². The largest absolute Gasteiger partial charge is 0.383 e. The first-order valence-corrected chi connectivity index (χ1v) is 8.84. The molecule has 2 aromatic rings. The van der Waals surface area contributed by atoms with Gasteiger partial charge in [0.05, 0.1) is 0 Å². The summed E-state index contributed by atoms with van der Waals surface area (Å²) in [4.78, 5) is 25.7. The molecule has 0 aliphatic carbocycles. The molecule has 2 atom stereocenters. The third-order valence-electron chi connectivity index (χ3n) is 5.30. The third-order valence-corrected chi connectivity index (χ3v) is 5.30. The molecule has 6 heteroatoms. The topological polar surface area (TPSA) is 75.3 Å². The van der Waals surface area contributed by atoms with E-state index in [0.29, 0.717) is 23.5 Å². The van der Waals surface area contributed by atoms with Crippen molar-refractivity contribution in [1.29, 1.82) is 0 Å². The summed E-state index contributed by atoms with van der Waals surface area (Å²) < 4.78 is 0. The van der Waals surface area contributed by atoms with Gasteiger partial charge in [0.2, 0.25) is 0 Å². The molecule has 3 fully saturated rings. The zero-order valence-electron chi connectivity index (χ0n) is 14.2. The minimum absolute atomic E-state index is 0.0419. The van der Waals surface area contributed by atoms with Crippen LogP contribution in [0.25, 0.3) is 0 Å². The Hall–Kier alpha value is -2.47. The van der Waals surface area contributed by atoms with Crippen molar-refractivity contribution in [3.05, 3.63) is 54.0 Å². The van der Waals surface area contributed by atoms with Crippen LogP contribution in [0.2, 0.25) is 0 Å². The Bertz CT molecular complexity index is 750. The first-order valence-electron chi connectivity index (χ1n) is 8.84. The Morgan fingerprint density at radius 2 is 1.96 bits per heavy atom. The minimum Gasteiger partial charge on any atom is -0.383 e. The molecule has 5 heterocycles. The van der Waals surface area contributed by atoms with Crippen molar-refractivity contribution in [1.82, 2.24) is 19.8 Å². The molecule has 0 aromatic carbocycles. The number of carbonyl (C=O) groups is 1. The highest BCUT2D eigenvalue weighted by atomic mass is 16.2. The molecule has 0 radical (unpaired) electrons. The number of amides is 1. The molecular weight excluding hydrogens is 314 g/mol. The lowest BCUT2D eigenvalue weighted by Crippen LogP contribution is -2.44. The van der Waals surface area contributed by atoms with Crippen molar-refractivity contribution in [3.8, 4) is 0 Å². The van der Waals surface area contributed by atoms with Gasteiger partial charge in [0.15, 0.2) is 0 Å². The molecule has 25 heavy (non-hydrogen) atoms. The first-order chi connectivity index (χ1) is 12.2. The number of nitrogens with zero attached hydrogens (tertiary/aromatic N) is 4. The second kappa shape index (κ2) is 6.80. The Labute approximate surface area is 147 Å². The molecule has 0 spiro atoms. The summed E-state index contributed by atoms with van der Waals surface area (Å²) in [5.41, 5.74) is 7.62. The lowest BCUT2D eigenvalue weighted by atomic mass is 9.94. The molecule has 2 N–H and O–H groups in total. The molecular formula is C19H23N5O. The maximum atomic E-state index is 12.8. The molecule has 130 valence electrons. The summed E-state index contributed by atoms with van der Waals surface area (Å²) in [5.74, 6) is 1.15. The van der Waals surface area contributed by atoms with Gasteiger partial charge in [-0.15, -0.1) is 0 Å². The zero-order valence-corrected chi connectivity index (χ0v) is 14.2. The Kier molecular flexibility index (Phi) is 4.36. The number of piperidine rings is 1. The van der Waals surface area contributed by atoms with E-state index >= 15 is 0 Å². The van der Waals surface area contributed by atoms with Crippen LogP contribution < -0.4 is 5.73 Å². The average Bonchev–Trinajstić information content (AvgIpc) is 2.95. The second-order valence-corrected chi connectivity index (χ2v) is 7.00. The third kappa shape index (κ3) is 3.35. The molecule has 2 bridgehead atoms. The first kappa shape index (κ1) is 16.0. The molecule has 2 aromatic heterocycles. The smallest absolute Gasteiger partial charge is 0.272 e. The summed E-state index contributed by atoms with van der Waals surface area (Å²) in [7, 11) is 0. The van der Waals surface area contributed by atoms with Crippen molar-refractivity contribution in [3.63, 3.8) is 0 Å². The van der Waals surface area contributed by atoms with Gasteiger partial charge in [0, 0.05) is 50.2 Å². The van der Waals surface area contributed by atoms with Crippen LogP contribution in [-0.2, 0) is 6.54 Å². The Balaban J connectivity index is 1.51. The van der Waals surface area contributed by atoms with E-state index in [1.165, 1.54) is 6.42 Å². The molecule has 3 saturated heterocycles. The van der Waals surface area contributed by atoms with Gasteiger partial charge in [-0.1, -0.05) is 12.1 Å². The predicted molar refractivity (Wildman–Crippen MR) is 95.7 cm³/mol. The van der Waals surface area contributed by atoms with Crippen LogP contribution in [0.15, 0.2) is 42.7 Å². The summed E-state index contributed by atoms with van der Waals surface area (Å²) in [6.07, 6.45) is 5.70. The van der Waals surface area contributed by atoms with Crippen LogP contribution in [0.5, 0.6) is 0 Å². The van der Waals surface area contributed by atoms with Gasteiger partial charge in [0.25, 0.3) is 5.91 Å². The van der Waals surface area contributed by atoms with Crippen LogP contribution in [0, 0.1) is 5.92 Å². The van der Waals surface area contributed by atoms with Crippen LogP contribution in [0.4, 0.5) is 5.82 Å². The number of nitrogen functional groups attached to an aromatic ring is 1. The van der Waals surface area contributed by atoms with Crippen LogP contribution in [0.3, 0.4) is 0 Å². The van der Waals surface area contributed by atoms with E-state index in [0.717, 1.165) is 38.2 Å². The van der Waals surface area contributed by atoms with Crippen LogP contribution in [-0.4, -0.2) is 51.4 Å². The maximum absolute atomic E-state index is 12.8. The fraction of sp³-hybridized carbons (Fsp3) is 0.421. The quantitative estimate of drug-likeness (QED) is 0.924. The van der Waals surface area contributed by atoms with Gasteiger partial charge >= 0.3 is 0 Å². The molecule has 3 aliphatic heterocycles. The molecule has 3 aliphatic rings. The number of anilines is 1. The summed E-state index contributed by atoms with van der Waals surface area (Å²) in [6, 6.07) is 9.83.